The zero-order valence-electron chi connectivity index (χ0n) is 14.9. The summed E-state index contributed by atoms with van der Waals surface area (Å²) in [6, 6.07) is 12.0. The van der Waals surface area contributed by atoms with Crippen LogP contribution >= 0.6 is 0 Å². The van der Waals surface area contributed by atoms with Crippen LogP contribution in [0.2, 0.25) is 18.1 Å². The second kappa shape index (κ2) is 8.21. The summed E-state index contributed by atoms with van der Waals surface area (Å²) in [5, 5.41) is 19.1. The topological polar surface area (TPSA) is 49.7 Å². The highest BCUT2D eigenvalue weighted by molar-refractivity contribution is 6.74. The van der Waals surface area contributed by atoms with Gasteiger partial charge in [0.2, 0.25) is 0 Å². The van der Waals surface area contributed by atoms with E-state index < -0.39 is 8.32 Å². The van der Waals surface area contributed by atoms with Crippen LogP contribution in [0.5, 0.6) is 17.2 Å². The van der Waals surface area contributed by atoms with Crippen molar-refractivity contribution in [1.82, 2.24) is 0 Å². The Morgan fingerprint density at radius 2 is 1.56 bits per heavy atom. The Balaban J connectivity index is 2.39. The van der Waals surface area contributed by atoms with Gasteiger partial charge in [0, 0.05) is 6.07 Å². The van der Waals surface area contributed by atoms with Crippen molar-refractivity contribution >= 4 is 20.5 Å². The third kappa shape index (κ3) is 4.63. The van der Waals surface area contributed by atoms with E-state index in [4.69, 9.17) is 4.43 Å². The molecule has 2 rings (SSSR count). The van der Waals surface area contributed by atoms with Gasteiger partial charge in [-0.3, -0.25) is 0 Å². The minimum atomic E-state index is -1.92. The maximum atomic E-state index is 14.4. The van der Waals surface area contributed by atoms with E-state index in [0.717, 1.165) is 18.1 Å². The van der Waals surface area contributed by atoms with Crippen LogP contribution in [-0.2, 0) is 0 Å². The Morgan fingerprint density at radius 3 is 2.12 bits per heavy atom. The van der Waals surface area contributed by atoms with Crippen molar-refractivity contribution in [2.24, 2.45) is 0 Å². The molecule has 0 saturated carbocycles. The summed E-state index contributed by atoms with van der Waals surface area (Å²) in [5.41, 5.74) is 0.967. The molecule has 0 saturated heterocycles. The number of halogens is 1. The smallest absolute Gasteiger partial charge is 0.250 e. The molecule has 0 aliphatic rings. The largest absolute Gasteiger partial charge is 0.543 e. The summed E-state index contributed by atoms with van der Waals surface area (Å²) < 4.78 is 20.7. The fourth-order valence-corrected chi connectivity index (χ4v) is 5.44. The fourth-order valence-electron chi connectivity index (χ4n) is 2.86. The molecule has 134 valence electrons. The molecule has 0 aliphatic carbocycles. The number of benzene rings is 2. The SMILES string of the molecule is CC[Si](CC)(CC)Oc1cccc(F)c1/C=C/c1cc(O)cc(O)c1. The second-order valence-electron chi connectivity index (χ2n) is 6.11. The molecule has 0 amide bonds. The average molecular weight is 361 g/mol. The molecular formula is C20H25FO3Si. The van der Waals surface area contributed by atoms with Crippen molar-refractivity contribution in [2.45, 2.75) is 38.9 Å². The van der Waals surface area contributed by atoms with Gasteiger partial charge < -0.3 is 14.6 Å². The molecule has 0 unspecified atom stereocenters. The highest BCUT2D eigenvalue weighted by atomic mass is 28.4. The van der Waals surface area contributed by atoms with Crippen LogP contribution in [0.15, 0.2) is 36.4 Å². The van der Waals surface area contributed by atoms with Crippen molar-refractivity contribution in [3.63, 3.8) is 0 Å². The summed E-state index contributed by atoms with van der Waals surface area (Å²) in [6.07, 6.45) is 3.27. The number of phenols is 2. The van der Waals surface area contributed by atoms with Crippen LogP contribution in [0.25, 0.3) is 12.2 Å². The monoisotopic (exact) mass is 360 g/mol. The van der Waals surface area contributed by atoms with E-state index >= 15 is 0 Å². The zero-order valence-corrected chi connectivity index (χ0v) is 15.9. The number of aromatic hydroxyl groups is 2. The Kier molecular flexibility index (Phi) is 6.25. The highest BCUT2D eigenvalue weighted by Crippen LogP contribution is 2.31. The van der Waals surface area contributed by atoms with Crippen molar-refractivity contribution < 1.29 is 19.0 Å². The normalized spacial score (nSPS) is 11.8. The van der Waals surface area contributed by atoms with Gasteiger partial charge in [-0.2, -0.15) is 0 Å². The van der Waals surface area contributed by atoms with Gasteiger partial charge in [0.15, 0.2) is 0 Å². The maximum Gasteiger partial charge on any atom is 0.250 e. The molecule has 2 aromatic rings. The van der Waals surface area contributed by atoms with Crippen molar-refractivity contribution in [3.05, 3.63) is 53.3 Å². The van der Waals surface area contributed by atoms with Gasteiger partial charge in [0.1, 0.15) is 23.1 Å². The molecule has 25 heavy (non-hydrogen) atoms. The molecule has 0 aliphatic heterocycles. The molecule has 0 fully saturated rings. The van der Waals surface area contributed by atoms with E-state index in [9.17, 15) is 14.6 Å². The summed E-state index contributed by atoms with van der Waals surface area (Å²) >= 11 is 0. The Labute approximate surface area is 149 Å². The van der Waals surface area contributed by atoms with E-state index in [-0.39, 0.29) is 17.3 Å². The van der Waals surface area contributed by atoms with Crippen LogP contribution in [0, 0.1) is 5.82 Å². The first-order valence-electron chi connectivity index (χ1n) is 8.61. The molecule has 0 spiro atoms. The van der Waals surface area contributed by atoms with Gasteiger partial charge in [-0.1, -0.05) is 32.9 Å². The Hall–Kier alpha value is -2.27. The number of hydrogen-bond donors (Lipinski definition) is 2. The third-order valence-corrected chi connectivity index (χ3v) is 9.16. The molecule has 3 nitrogen and oxygen atoms in total. The third-order valence-electron chi connectivity index (χ3n) is 4.64. The molecule has 0 aromatic heterocycles. The minimum absolute atomic E-state index is 0.0426. The molecule has 2 aromatic carbocycles. The average Bonchev–Trinajstić information content (AvgIpc) is 2.58. The van der Waals surface area contributed by atoms with Gasteiger partial charge in [0.25, 0.3) is 8.32 Å². The molecule has 0 heterocycles. The van der Waals surface area contributed by atoms with E-state index in [1.54, 1.807) is 24.3 Å². The molecular weight excluding hydrogens is 335 g/mol. The number of phenolic OH excluding ortho intramolecular Hbond substituents is 2. The summed E-state index contributed by atoms with van der Waals surface area (Å²) in [7, 11) is -1.92. The van der Waals surface area contributed by atoms with Gasteiger partial charge in [0.05, 0.1) is 5.56 Å². The van der Waals surface area contributed by atoms with Crippen LogP contribution in [0.3, 0.4) is 0 Å². The summed E-state index contributed by atoms with van der Waals surface area (Å²) in [6.45, 7) is 6.39. The van der Waals surface area contributed by atoms with Crippen LogP contribution in [0.4, 0.5) is 4.39 Å². The molecule has 0 radical (unpaired) electrons. The Bertz CT molecular complexity index is 726. The van der Waals surface area contributed by atoms with E-state index in [0.29, 0.717) is 16.9 Å². The van der Waals surface area contributed by atoms with Gasteiger partial charge in [-0.05, 0) is 54.0 Å². The minimum Gasteiger partial charge on any atom is -0.543 e. The number of rotatable bonds is 7. The molecule has 0 bridgehead atoms. The zero-order chi connectivity index (χ0) is 18.4. The molecule has 0 atom stereocenters. The second-order valence-corrected chi connectivity index (χ2v) is 10.8. The lowest BCUT2D eigenvalue weighted by Gasteiger charge is -2.29. The first kappa shape index (κ1) is 19.1. The quantitative estimate of drug-likeness (QED) is 0.485. The van der Waals surface area contributed by atoms with E-state index in [1.807, 2.05) is 0 Å². The Morgan fingerprint density at radius 1 is 0.960 bits per heavy atom. The molecule has 2 N–H and O–H groups in total. The van der Waals surface area contributed by atoms with Crippen LogP contribution in [-0.4, -0.2) is 18.5 Å². The fraction of sp³-hybridized carbons (Fsp3) is 0.300. The summed E-state index contributed by atoms with van der Waals surface area (Å²) in [5.74, 6) is 0.111. The lowest BCUT2D eigenvalue weighted by Crippen LogP contribution is -2.39. The van der Waals surface area contributed by atoms with Crippen molar-refractivity contribution in [1.29, 1.82) is 0 Å². The van der Waals surface area contributed by atoms with E-state index in [1.165, 1.54) is 24.3 Å². The first-order valence-corrected chi connectivity index (χ1v) is 11.1. The first-order chi connectivity index (χ1) is 11.9. The standard InChI is InChI=1S/C20H25FO3Si/c1-4-25(5-2,6-3)24-20-9-7-8-19(21)18(20)11-10-15-12-16(22)14-17(23)13-15/h7-14,22-23H,4-6H2,1-3H3/b11-10+. The van der Waals surface area contributed by atoms with Crippen molar-refractivity contribution in [3.8, 4) is 17.2 Å². The van der Waals surface area contributed by atoms with Gasteiger partial charge >= 0.3 is 0 Å². The number of hydrogen-bond acceptors (Lipinski definition) is 3. The molecule has 5 heteroatoms. The lowest BCUT2D eigenvalue weighted by molar-refractivity contribution is 0.450. The highest BCUT2D eigenvalue weighted by Gasteiger charge is 2.31. The lowest BCUT2D eigenvalue weighted by atomic mass is 10.1. The van der Waals surface area contributed by atoms with Crippen LogP contribution < -0.4 is 4.43 Å². The van der Waals surface area contributed by atoms with Crippen molar-refractivity contribution in [2.75, 3.05) is 0 Å². The predicted molar refractivity (Wildman–Crippen MR) is 103 cm³/mol. The predicted octanol–water partition coefficient (Wildman–Crippen LogP) is 5.79. The maximum absolute atomic E-state index is 14.4. The van der Waals surface area contributed by atoms with Gasteiger partial charge in [-0.25, -0.2) is 4.39 Å². The van der Waals surface area contributed by atoms with E-state index in [2.05, 4.69) is 20.8 Å². The van der Waals surface area contributed by atoms with Crippen LogP contribution in [0.1, 0.15) is 31.9 Å². The van der Waals surface area contributed by atoms with Gasteiger partial charge in [-0.15, -0.1) is 0 Å². The summed E-state index contributed by atoms with van der Waals surface area (Å²) in [4.78, 5) is 0.